The molecule has 1 aromatic carbocycles. The monoisotopic (exact) mass is 425 g/mol. The molecular formula is C24H35N5S. The van der Waals surface area contributed by atoms with Crippen molar-refractivity contribution in [2.45, 2.75) is 71.0 Å². The molecule has 30 heavy (non-hydrogen) atoms. The molecule has 1 aromatic heterocycles. The molecule has 0 aliphatic heterocycles. The Hall–Kier alpha value is -2.02. The van der Waals surface area contributed by atoms with Crippen molar-refractivity contribution in [2.24, 2.45) is 16.5 Å². The number of rotatable bonds is 11. The third-order valence-electron chi connectivity index (χ3n) is 5.72. The van der Waals surface area contributed by atoms with Gasteiger partial charge in [0, 0.05) is 42.0 Å². The third kappa shape index (κ3) is 6.00. The Balaban J connectivity index is 1.67. The van der Waals surface area contributed by atoms with Crippen LogP contribution in [0.15, 0.2) is 40.8 Å². The number of nitrogens with two attached hydrogens (primary N) is 2. The fourth-order valence-corrected chi connectivity index (χ4v) is 4.59. The van der Waals surface area contributed by atoms with Gasteiger partial charge < -0.3 is 11.5 Å². The van der Waals surface area contributed by atoms with Crippen LogP contribution in [0.1, 0.15) is 68.6 Å². The van der Waals surface area contributed by atoms with Gasteiger partial charge in [-0.05, 0) is 69.7 Å². The quantitative estimate of drug-likeness (QED) is 0.493. The Morgan fingerprint density at radius 1 is 1.30 bits per heavy atom. The summed E-state index contributed by atoms with van der Waals surface area (Å²) in [6, 6.07) is 9.44. The normalized spacial score (nSPS) is 16.1. The predicted molar refractivity (Wildman–Crippen MR) is 129 cm³/mol. The van der Waals surface area contributed by atoms with Crippen LogP contribution in [0.3, 0.4) is 0 Å². The number of benzene rings is 1. The topological polar surface area (TPSA) is 80.5 Å². The van der Waals surface area contributed by atoms with E-state index in [1.54, 1.807) is 17.5 Å². The highest BCUT2D eigenvalue weighted by Gasteiger charge is 2.23. The van der Waals surface area contributed by atoms with Crippen LogP contribution < -0.4 is 11.5 Å². The van der Waals surface area contributed by atoms with E-state index in [4.69, 9.17) is 16.5 Å². The van der Waals surface area contributed by atoms with E-state index in [9.17, 15) is 0 Å². The van der Waals surface area contributed by atoms with Crippen molar-refractivity contribution in [3.8, 4) is 0 Å². The molecule has 1 atom stereocenters. The van der Waals surface area contributed by atoms with E-state index < -0.39 is 0 Å². The highest BCUT2D eigenvalue weighted by atomic mass is 32.1. The molecule has 1 unspecified atom stereocenters. The van der Waals surface area contributed by atoms with Gasteiger partial charge in [0.15, 0.2) is 0 Å². The maximum atomic E-state index is 5.90. The maximum Gasteiger partial charge on any atom is 0.126 e. The van der Waals surface area contributed by atoms with Crippen molar-refractivity contribution in [1.29, 1.82) is 0 Å². The summed E-state index contributed by atoms with van der Waals surface area (Å²) in [4.78, 5) is 11.9. The van der Waals surface area contributed by atoms with Gasteiger partial charge in [0.05, 0.1) is 11.4 Å². The van der Waals surface area contributed by atoms with E-state index in [-0.39, 0.29) is 0 Å². The average Bonchev–Trinajstić information content (AvgIpc) is 3.50. The van der Waals surface area contributed by atoms with Crippen molar-refractivity contribution < 1.29 is 0 Å². The molecule has 0 bridgehead atoms. The Labute approximate surface area is 184 Å². The molecule has 1 saturated carbocycles. The SMILES string of the molecule is CCC(CCN)N(Cc1csc(/C(C=Nc2ccc(C3CC3)cc2)=C/N)n1)C(C)C. The van der Waals surface area contributed by atoms with E-state index in [1.165, 1.54) is 18.4 Å². The second-order valence-corrected chi connectivity index (χ2v) is 9.15. The first-order valence-corrected chi connectivity index (χ1v) is 11.9. The summed E-state index contributed by atoms with van der Waals surface area (Å²) in [5, 5.41) is 3.03. The molecular weight excluding hydrogens is 390 g/mol. The van der Waals surface area contributed by atoms with Crippen LogP contribution in [0.4, 0.5) is 5.69 Å². The summed E-state index contributed by atoms with van der Waals surface area (Å²) >= 11 is 1.62. The van der Waals surface area contributed by atoms with E-state index >= 15 is 0 Å². The Morgan fingerprint density at radius 3 is 2.60 bits per heavy atom. The van der Waals surface area contributed by atoms with E-state index in [0.29, 0.717) is 18.6 Å². The highest BCUT2D eigenvalue weighted by molar-refractivity contribution is 7.11. The number of hydrogen-bond donors (Lipinski definition) is 2. The molecule has 3 rings (SSSR count). The minimum atomic E-state index is 0.441. The van der Waals surface area contributed by atoms with Crippen molar-refractivity contribution >= 4 is 28.8 Å². The zero-order valence-electron chi connectivity index (χ0n) is 18.4. The van der Waals surface area contributed by atoms with Gasteiger partial charge >= 0.3 is 0 Å². The molecule has 0 radical (unpaired) electrons. The van der Waals surface area contributed by atoms with E-state index in [1.807, 2.05) is 6.21 Å². The van der Waals surface area contributed by atoms with E-state index in [2.05, 4.69) is 60.3 Å². The fraction of sp³-hybridized carbons (Fsp3) is 0.500. The average molecular weight is 426 g/mol. The molecule has 6 heteroatoms. The Bertz CT molecular complexity index is 849. The standard InChI is InChI=1S/C24H35N5S/c1-4-23(11-12-25)29(17(2)3)15-22-16-30-24(28-22)20(13-26)14-27-21-9-7-19(8-10-21)18-5-6-18/h7-10,13-14,16-18,23H,4-6,11-12,15,25-26H2,1-3H3/b20-13+,27-14?. The minimum Gasteiger partial charge on any atom is -0.404 e. The lowest BCUT2D eigenvalue weighted by Gasteiger charge is -2.33. The van der Waals surface area contributed by atoms with Gasteiger partial charge in [0.25, 0.3) is 0 Å². The van der Waals surface area contributed by atoms with Crippen molar-refractivity contribution in [2.75, 3.05) is 6.54 Å². The van der Waals surface area contributed by atoms with Gasteiger partial charge in [-0.1, -0.05) is 19.1 Å². The number of allylic oxidation sites excluding steroid dienone is 1. The summed E-state index contributed by atoms with van der Waals surface area (Å²) in [6.45, 7) is 8.23. The number of aliphatic imine (C=N–C) groups is 1. The predicted octanol–water partition coefficient (Wildman–Crippen LogP) is 5.06. The van der Waals surface area contributed by atoms with E-state index in [0.717, 1.165) is 47.3 Å². The van der Waals surface area contributed by atoms with Crippen molar-refractivity contribution in [3.63, 3.8) is 0 Å². The molecule has 2 aromatic rings. The van der Waals surface area contributed by atoms with Crippen LogP contribution >= 0.6 is 11.3 Å². The van der Waals surface area contributed by atoms with Crippen LogP contribution in [0.25, 0.3) is 5.57 Å². The first-order valence-electron chi connectivity index (χ1n) is 11.0. The van der Waals surface area contributed by atoms with Crippen molar-refractivity contribution in [1.82, 2.24) is 9.88 Å². The molecule has 4 N–H and O–H groups in total. The van der Waals surface area contributed by atoms with Crippen LogP contribution in [-0.4, -0.2) is 34.7 Å². The van der Waals surface area contributed by atoms with Crippen LogP contribution in [0.2, 0.25) is 0 Å². The first-order chi connectivity index (χ1) is 14.5. The summed E-state index contributed by atoms with van der Waals surface area (Å²) < 4.78 is 0. The minimum absolute atomic E-state index is 0.441. The summed E-state index contributed by atoms with van der Waals surface area (Å²) in [5.41, 5.74) is 16.0. The molecule has 1 fully saturated rings. The zero-order chi connectivity index (χ0) is 21.5. The third-order valence-corrected chi connectivity index (χ3v) is 6.66. The van der Waals surface area contributed by atoms with Gasteiger partial charge in [0.2, 0.25) is 0 Å². The Morgan fingerprint density at radius 2 is 2.03 bits per heavy atom. The number of nitrogens with zero attached hydrogens (tertiary/aromatic N) is 3. The smallest absolute Gasteiger partial charge is 0.126 e. The molecule has 0 saturated heterocycles. The molecule has 1 aliphatic carbocycles. The highest BCUT2D eigenvalue weighted by Crippen LogP contribution is 2.40. The fourth-order valence-electron chi connectivity index (χ4n) is 3.79. The molecule has 0 amide bonds. The first kappa shape index (κ1) is 22.7. The van der Waals surface area contributed by atoms with Crippen molar-refractivity contribution in [3.05, 3.63) is 52.1 Å². The lowest BCUT2D eigenvalue weighted by molar-refractivity contribution is 0.132. The van der Waals surface area contributed by atoms with Crippen LogP contribution in [0, 0.1) is 0 Å². The van der Waals surface area contributed by atoms with Gasteiger partial charge in [-0.3, -0.25) is 9.89 Å². The lowest BCUT2D eigenvalue weighted by Crippen LogP contribution is -2.40. The molecule has 1 aliphatic rings. The molecule has 0 spiro atoms. The second-order valence-electron chi connectivity index (χ2n) is 8.30. The second kappa shape index (κ2) is 10.8. The Kier molecular flexibility index (Phi) is 8.19. The van der Waals surface area contributed by atoms with Gasteiger partial charge in [-0.25, -0.2) is 4.98 Å². The van der Waals surface area contributed by atoms with Crippen LogP contribution in [-0.2, 0) is 6.54 Å². The maximum absolute atomic E-state index is 5.90. The number of aromatic nitrogens is 1. The van der Waals surface area contributed by atoms with Gasteiger partial charge in [-0.15, -0.1) is 11.3 Å². The molecule has 1 heterocycles. The van der Waals surface area contributed by atoms with Gasteiger partial charge in [0.1, 0.15) is 5.01 Å². The van der Waals surface area contributed by atoms with Gasteiger partial charge in [-0.2, -0.15) is 0 Å². The number of hydrogen-bond acceptors (Lipinski definition) is 6. The van der Waals surface area contributed by atoms with Crippen LogP contribution in [0.5, 0.6) is 0 Å². The molecule has 162 valence electrons. The lowest BCUT2D eigenvalue weighted by atomic mass is 10.1. The molecule has 5 nitrogen and oxygen atoms in total. The summed E-state index contributed by atoms with van der Waals surface area (Å²) in [5.74, 6) is 0.763. The largest absolute Gasteiger partial charge is 0.404 e. The summed E-state index contributed by atoms with van der Waals surface area (Å²) in [7, 11) is 0. The number of thiazole rings is 1. The summed E-state index contributed by atoms with van der Waals surface area (Å²) in [6.07, 6.45) is 8.13. The zero-order valence-corrected chi connectivity index (χ0v) is 19.2.